The molecule has 1 heterocycles. The molecule has 0 radical (unpaired) electrons. The highest BCUT2D eigenvalue weighted by Crippen LogP contribution is 2.27. The van der Waals surface area contributed by atoms with Crippen LogP contribution in [0.15, 0.2) is 42.5 Å². The van der Waals surface area contributed by atoms with Crippen molar-refractivity contribution in [2.45, 2.75) is 19.4 Å². The van der Waals surface area contributed by atoms with E-state index in [1.807, 2.05) is 31.2 Å². The summed E-state index contributed by atoms with van der Waals surface area (Å²) in [5, 5.41) is 3.16. The highest BCUT2D eigenvalue weighted by atomic mass is 19.1. The lowest BCUT2D eigenvalue weighted by Crippen LogP contribution is -2.27. The van der Waals surface area contributed by atoms with Gasteiger partial charge in [0, 0.05) is 12.1 Å². The third kappa shape index (κ3) is 2.12. The lowest BCUT2D eigenvalue weighted by atomic mass is 9.99. The molecule has 1 aliphatic rings. The molecule has 0 fully saturated rings. The van der Waals surface area contributed by atoms with E-state index in [1.54, 1.807) is 12.1 Å². The number of carbonyl (C=O) groups excluding carboxylic acids is 1. The Kier molecular flexibility index (Phi) is 2.82. The van der Waals surface area contributed by atoms with Gasteiger partial charge < -0.3 is 5.32 Å². The van der Waals surface area contributed by atoms with Crippen LogP contribution < -0.4 is 5.32 Å². The van der Waals surface area contributed by atoms with Crippen molar-refractivity contribution in [3.63, 3.8) is 0 Å². The van der Waals surface area contributed by atoms with Crippen molar-refractivity contribution in [2.24, 2.45) is 0 Å². The van der Waals surface area contributed by atoms with Crippen LogP contribution in [0.2, 0.25) is 0 Å². The second kappa shape index (κ2) is 4.50. The SMILES string of the molecule is Cc1ccc(F)c(C(=O)C2Cc3ccccc3N2)c1. The molecular formula is C16H14FNO. The summed E-state index contributed by atoms with van der Waals surface area (Å²) in [6, 6.07) is 12.1. The van der Waals surface area contributed by atoms with Gasteiger partial charge in [-0.2, -0.15) is 0 Å². The fourth-order valence-corrected chi connectivity index (χ4v) is 2.47. The maximum Gasteiger partial charge on any atom is 0.188 e. The van der Waals surface area contributed by atoms with Gasteiger partial charge >= 0.3 is 0 Å². The fourth-order valence-electron chi connectivity index (χ4n) is 2.47. The molecular weight excluding hydrogens is 241 g/mol. The maximum atomic E-state index is 13.8. The van der Waals surface area contributed by atoms with Crippen molar-refractivity contribution in [1.82, 2.24) is 0 Å². The van der Waals surface area contributed by atoms with Gasteiger partial charge in [0.1, 0.15) is 5.82 Å². The number of hydrogen-bond donors (Lipinski definition) is 1. The summed E-state index contributed by atoms with van der Waals surface area (Å²) in [7, 11) is 0. The van der Waals surface area contributed by atoms with Crippen LogP contribution in [0.5, 0.6) is 0 Å². The topological polar surface area (TPSA) is 29.1 Å². The van der Waals surface area contributed by atoms with Crippen molar-refractivity contribution >= 4 is 11.5 Å². The van der Waals surface area contributed by atoms with Gasteiger partial charge in [0.05, 0.1) is 11.6 Å². The number of fused-ring (bicyclic) bond motifs is 1. The van der Waals surface area contributed by atoms with Crippen LogP contribution >= 0.6 is 0 Å². The third-order valence-corrected chi connectivity index (χ3v) is 3.47. The Morgan fingerprint density at radius 1 is 1.26 bits per heavy atom. The number of anilines is 1. The number of ketones is 1. The number of Topliss-reactive ketones (excluding diaryl/α,β-unsaturated/α-hetero) is 1. The van der Waals surface area contributed by atoms with E-state index in [9.17, 15) is 9.18 Å². The molecule has 1 atom stereocenters. The number of carbonyl (C=O) groups is 1. The van der Waals surface area contributed by atoms with Crippen LogP contribution in [0.1, 0.15) is 21.5 Å². The predicted molar refractivity (Wildman–Crippen MR) is 73.0 cm³/mol. The second-order valence-corrected chi connectivity index (χ2v) is 4.91. The first-order chi connectivity index (χ1) is 9.15. The highest BCUT2D eigenvalue weighted by Gasteiger charge is 2.28. The van der Waals surface area contributed by atoms with E-state index in [2.05, 4.69) is 5.32 Å². The van der Waals surface area contributed by atoms with Gasteiger partial charge in [-0.3, -0.25) is 4.79 Å². The van der Waals surface area contributed by atoms with Crippen LogP contribution in [-0.4, -0.2) is 11.8 Å². The fraction of sp³-hybridized carbons (Fsp3) is 0.188. The Balaban J connectivity index is 1.89. The Morgan fingerprint density at radius 2 is 2.05 bits per heavy atom. The molecule has 0 saturated carbocycles. The zero-order valence-electron chi connectivity index (χ0n) is 10.6. The Labute approximate surface area is 111 Å². The molecule has 96 valence electrons. The van der Waals surface area contributed by atoms with Crippen molar-refractivity contribution in [1.29, 1.82) is 0 Å². The highest BCUT2D eigenvalue weighted by molar-refractivity contribution is 6.03. The van der Waals surface area contributed by atoms with Gasteiger partial charge in [0.25, 0.3) is 0 Å². The minimum absolute atomic E-state index is 0.172. The Bertz CT molecular complexity index is 626. The smallest absolute Gasteiger partial charge is 0.188 e. The van der Waals surface area contributed by atoms with Crippen LogP contribution in [0.25, 0.3) is 0 Å². The van der Waals surface area contributed by atoms with E-state index in [4.69, 9.17) is 0 Å². The van der Waals surface area contributed by atoms with Gasteiger partial charge in [0.2, 0.25) is 0 Å². The van der Waals surface area contributed by atoms with Crippen LogP contribution in [0, 0.1) is 12.7 Å². The van der Waals surface area contributed by atoms with Gasteiger partial charge in [-0.05, 0) is 30.7 Å². The summed E-state index contributed by atoms with van der Waals surface area (Å²) in [5.41, 5.74) is 3.13. The number of aryl methyl sites for hydroxylation is 1. The standard InChI is InChI=1S/C16H14FNO/c1-10-6-7-13(17)12(8-10)16(19)15-9-11-4-2-3-5-14(11)18-15/h2-8,15,18H,9H2,1H3. The lowest BCUT2D eigenvalue weighted by Gasteiger charge is -2.11. The van der Waals surface area contributed by atoms with Crippen molar-refractivity contribution < 1.29 is 9.18 Å². The molecule has 0 bridgehead atoms. The average molecular weight is 255 g/mol. The molecule has 1 unspecified atom stereocenters. The van der Waals surface area contributed by atoms with Crippen LogP contribution in [0.4, 0.5) is 10.1 Å². The number of hydrogen-bond acceptors (Lipinski definition) is 2. The molecule has 3 heteroatoms. The van der Waals surface area contributed by atoms with Crippen LogP contribution in [0.3, 0.4) is 0 Å². The summed E-state index contributed by atoms with van der Waals surface area (Å²) in [5.74, 6) is -0.634. The van der Waals surface area contributed by atoms with E-state index < -0.39 is 5.82 Å². The first-order valence-corrected chi connectivity index (χ1v) is 6.30. The van der Waals surface area contributed by atoms with Gasteiger partial charge in [-0.25, -0.2) is 4.39 Å². The number of nitrogens with one attached hydrogen (secondary N) is 1. The summed E-state index contributed by atoms with van der Waals surface area (Å²) in [6.07, 6.45) is 0.613. The van der Waals surface area contributed by atoms with Crippen molar-refractivity contribution in [2.75, 3.05) is 5.32 Å². The maximum absolute atomic E-state index is 13.8. The molecule has 2 nitrogen and oxygen atoms in total. The third-order valence-electron chi connectivity index (χ3n) is 3.47. The molecule has 0 saturated heterocycles. The normalized spacial score (nSPS) is 16.8. The first-order valence-electron chi connectivity index (χ1n) is 6.30. The molecule has 19 heavy (non-hydrogen) atoms. The minimum atomic E-state index is -0.451. The summed E-state index contributed by atoms with van der Waals surface area (Å²) >= 11 is 0. The number of benzene rings is 2. The largest absolute Gasteiger partial charge is 0.374 e. The predicted octanol–water partition coefficient (Wildman–Crippen LogP) is 3.35. The van der Waals surface area contributed by atoms with Gasteiger partial charge in [-0.15, -0.1) is 0 Å². The van der Waals surface area contributed by atoms with Crippen molar-refractivity contribution in [3.05, 3.63) is 65.0 Å². The average Bonchev–Trinajstić information content (AvgIpc) is 2.84. The van der Waals surface area contributed by atoms with Crippen LogP contribution in [-0.2, 0) is 6.42 Å². The van der Waals surface area contributed by atoms with Gasteiger partial charge in [0.15, 0.2) is 5.78 Å². The summed E-state index contributed by atoms with van der Waals surface area (Å²) < 4.78 is 13.8. The zero-order chi connectivity index (χ0) is 13.4. The van der Waals surface area contributed by atoms with E-state index in [-0.39, 0.29) is 17.4 Å². The lowest BCUT2D eigenvalue weighted by molar-refractivity contribution is 0.0967. The number of rotatable bonds is 2. The molecule has 0 aromatic heterocycles. The summed E-state index contributed by atoms with van der Waals surface area (Å²) in [4.78, 5) is 12.4. The zero-order valence-corrected chi connectivity index (χ0v) is 10.6. The van der Waals surface area contributed by atoms with Gasteiger partial charge in [-0.1, -0.05) is 29.8 Å². The van der Waals surface area contributed by atoms with E-state index >= 15 is 0 Å². The van der Waals surface area contributed by atoms with E-state index in [1.165, 1.54) is 6.07 Å². The quantitative estimate of drug-likeness (QED) is 0.834. The van der Waals surface area contributed by atoms with Crippen molar-refractivity contribution in [3.8, 4) is 0 Å². The number of para-hydroxylation sites is 1. The molecule has 0 spiro atoms. The molecule has 2 aromatic rings. The molecule has 3 rings (SSSR count). The van der Waals surface area contributed by atoms with E-state index in [0.29, 0.717) is 6.42 Å². The molecule has 1 aliphatic heterocycles. The molecule has 0 amide bonds. The Hall–Kier alpha value is -2.16. The number of halogens is 1. The first kappa shape index (κ1) is 11.9. The van der Waals surface area contributed by atoms with E-state index in [0.717, 1.165) is 16.8 Å². The molecule has 2 aromatic carbocycles. The molecule has 0 aliphatic carbocycles. The molecule has 1 N–H and O–H groups in total. The Morgan fingerprint density at radius 3 is 2.84 bits per heavy atom. The minimum Gasteiger partial charge on any atom is -0.374 e. The summed E-state index contributed by atoms with van der Waals surface area (Å²) in [6.45, 7) is 1.85. The second-order valence-electron chi connectivity index (χ2n) is 4.91. The monoisotopic (exact) mass is 255 g/mol.